The van der Waals surface area contributed by atoms with Gasteiger partial charge in [-0.2, -0.15) is 5.10 Å². The van der Waals surface area contributed by atoms with E-state index in [1.165, 1.54) is 7.11 Å². The van der Waals surface area contributed by atoms with Gasteiger partial charge in [-0.1, -0.05) is 19.1 Å². The van der Waals surface area contributed by atoms with Crippen LogP contribution in [0, 0.1) is 5.82 Å². The second kappa shape index (κ2) is 5.67. The molecule has 0 spiro atoms. The van der Waals surface area contributed by atoms with Gasteiger partial charge in [0.1, 0.15) is 5.75 Å². The van der Waals surface area contributed by atoms with Crippen LogP contribution in [-0.4, -0.2) is 24.4 Å². The maximum absolute atomic E-state index is 14.8. The quantitative estimate of drug-likeness (QED) is 0.793. The molecule has 0 saturated carbocycles. The number of hydrogen-bond donors (Lipinski definition) is 1. The van der Waals surface area contributed by atoms with Crippen molar-refractivity contribution >= 4 is 10.9 Å². The van der Waals surface area contributed by atoms with Crippen molar-refractivity contribution < 1.29 is 13.9 Å². The Bertz CT molecular complexity index is 827. The molecule has 0 aliphatic heterocycles. The molecule has 0 aliphatic carbocycles. The maximum Gasteiger partial charge on any atom is 0.173 e. The molecule has 0 amide bonds. The van der Waals surface area contributed by atoms with Crippen molar-refractivity contribution in [2.24, 2.45) is 0 Å². The largest absolute Gasteiger partial charge is 0.496 e. The van der Waals surface area contributed by atoms with Crippen LogP contribution in [0.5, 0.6) is 11.5 Å². The number of rotatable bonds is 4. The summed E-state index contributed by atoms with van der Waals surface area (Å²) in [5, 5.41) is 7.89. The summed E-state index contributed by atoms with van der Waals surface area (Å²) < 4.78 is 25.4. The van der Waals surface area contributed by atoms with Gasteiger partial charge in [-0.15, -0.1) is 0 Å². The lowest BCUT2D eigenvalue weighted by Gasteiger charge is -2.16. The first-order valence-electron chi connectivity index (χ1n) is 7.06. The van der Waals surface area contributed by atoms with Gasteiger partial charge in [-0.05, 0) is 18.1 Å². The second-order valence-corrected chi connectivity index (χ2v) is 4.97. The smallest absolute Gasteiger partial charge is 0.173 e. The molecule has 3 aromatic rings. The van der Waals surface area contributed by atoms with Gasteiger partial charge in [-0.25, -0.2) is 4.39 Å². The molecule has 0 unspecified atom stereocenters. The zero-order valence-electron chi connectivity index (χ0n) is 12.7. The summed E-state index contributed by atoms with van der Waals surface area (Å²) in [6, 6.07) is 7.28. The predicted octanol–water partition coefficient (Wildman–Crippen LogP) is 3.95. The summed E-state index contributed by atoms with van der Waals surface area (Å²) in [6.45, 7) is 1.97. The molecule has 5 heteroatoms. The molecule has 3 rings (SSSR count). The van der Waals surface area contributed by atoms with Crippen LogP contribution in [-0.2, 0) is 6.42 Å². The number of methoxy groups -OCH3 is 2. The first-order valence-corrected chi connectivity index (χ1v) is 7.06. The van der Waals surface area contributed by atoms with Gasteiger partial charge in [0.2, 0.25) is 0 Å². The fourth-order valence-corrected chi connectivity index (χ4v) is 2.72. The van der Waals surface area contributed by atoms with Crippen LogP contribution in [0.4, 0.5) is 4.39 Å². The number of nitrogens with one attached hydrogen (secondary N) is 1. The van der Waals surface area contributed by atoms with E-state index >= 15 is 0 Å². The summed E-state index contributed by atoms with van der Waals surface area (Å²) in [4.78, 5) is 0. The van der Waals surface area contributed by atoms with Crippen LogP contribution >= 0.6 is 0 Å². The van der Waals surface area contributed by atoms with Gasteiger partial charge in [0.25, 0.3) is 0 Å². The topological polar surface area (TPSA) is 47.1 Å². The van der Waals surface area contributed by atoms with E-state index in [-0.39, 0.29) is 11.6 Å². The molecular formula is C17H17FN2O2. The molecule has 1 aromatic heterocycles. The fraction of sp³-hybridized carbons (Fsp3) is 0.235. The number of fused-ring (bicyclic) bond motifs is 1. The van der Waals surface area contributed by atoms with Crippen molar-refractivity contribution in [1.82, 2.24) is 10.2 Å². The highest BCUT2D eigenvalue weighted by Gasteiger charge is 2.20. The molecule has 0 bridgehead atoms. The van der Waals surface area contributed by atoms with Crippen LogP contribution in [0.25, 0.3) is 22.0 Å². The van der Waals surface area contributed by atoms with E-state index in [4.69, 9.17) is 9.47 Å². The van der Waals surface area contributed by atoms with Crippen molar-refractivity contribution in [1.29, 1.82) is 0 Å². The normalized spacial score (nSPS) is 10.9. The molecule has 0 aliphatic rings. The zero-order valence-corrected chi connectivity index (χ0v) is 12.7. The van der Waals surface area contributed by atoms with E-state index in [9.17, 15) is 4.39 Å². The Labute approximate surface area is 127 Å². The Morgan fingerprint density at radius 2 is 1.91 bits per heavy atom. The molecule has 0 atom stereocenters. The Morgan fingerprint density at radius 3 is 2.59 bits per heavy atom. The van der Waals surface area contributed by atoms with E-state index in [1.54, 1.807) is 19.4 Å². The molecule has 114 valence electrons. The number of aromatic amines is 1. The Morgan fingerprint density at radius 1 is 1.14 bits per heavy atom. The van der Waals surface area contributed by atoms with Crippen LogP contribution in [0.1, 0.15) is 12.5 Å². The van der Waals surface area contributed by atoms with Crippen molar-refractivity contribution in [2.75, 3.05) is 14.2 Å². The Hall–Kier alpha value is -2.56. The van der Waals surface area contributed by atoms with E-state index in [0.29, 0.717) is 17.7 Å². The monoisotopic (exact) mass is 300 g/mol. The van der Waals surface area contributed by atoms with Gasteiger partial charge in [-0.3, -0.25) is 5.10 Å². The highest BCUT2D eigenvalue weighted by Crippen LogP contribution is 2.39. The number of benzene rings is 2. The third-order valence-corrected chi connectivity index (χ3v) is 3.82. The Balaban J connectivity index is 2.31. The van der Waals surface area contributed by atoms with Gasteiger partial charge in [0.05, 0.1) is 25.9 Å². The average molecular weight is 300 g/mol. The molecule has 22 heavy (non-hydrogen) atoms. The number of hydrogen-bond acceptors (Lipinski definition) is 3. The van der Waals surface area contributed by atoms with Gasteiger partial charge >= 0.3 is 0 Å². The third kappa shape index (κ3) is 2.19. The molecule has 0 fully saturated rings. The summed E-state index contributed by atoms with van der Waals surface area (Å²) in [6.07, 6.45) is 2.39. The van der Waals surface area contributed by atoms with Crippen LogP contribution in [0.3, 0.4) is 0 Å². The lowest BCUT2D eigenvalue weighted by atomic mass is 9.95. The minimum atomic E-state index is -0.376. The zero-order chi connectivity index (χ0) is 15.7. The number of nitrogens with zero attached hydrogens (tertiary/aromatic N) is 1. The predicted molar refractivity (Wildman–Crippen MR) is 84.0 cm³/mol. The summed E-state index contributed by atoms with van der Waals surface area (Å²) in [7, 11) is 3.03. The Kier molecular flexibility index (Phi) is 3.71. The van der Waals surface area contributed by atoms with Gasteiger partial charge in [0, 0.05) is 22.6 Å². The molecule has 0 saturated heterocycles. The minimum Gasteiger partial charge on any atom is -0.496 e. The standard InChI is InChI=1S/C17H17FN2O2/c1-4-12-14(21-2)8-15(22-3)17(18)16(12)10-5-6-11-9-19-20-13(11)7-10/h5-9H,4H2,1-3H3,(H,19,20). The highest BCUT2D eigenvalue weighted by atomic mass is 19.1. The van der Waals surface area contributed by atoms with Crippen LogP contribution < -0.4 is 9.47 Å². The van der Waals surface area contributed by atoms with Crippen molar-refractivity contribution in [3.8, 4) is 22.6 Å². The van der Waals surface area contributed by atoms with Gasteiger partial charge < -0.3 is 9.47 Å². The molecule has 1 heterocycles. The van der Waals surface area contributed by atoms with Crippen LogP contribution in [0.2, 0.25) is 0 Å². The van der Waals surface area contributed by atoms with Crippen molar-refractivity contribution in [2.45, 2.75) is 13.3 Å². The summed E-state index contributed by atoms with van der Waals surface area (Å²) >= 11 is 0. The average Bonchev–Trinajstić information content (AvgIpc) is 3.01. The molecular weight excluding hydrogens is 283 g/mol. The molecule has 4 nitrogen and oxygen atoms in total. The highest BCUT2D eigenvalue weighted by molar-refractivity contribution is 5.85. The minimum absolute atomic E-state index is 0.175. The lowest BCUT2D eigenvalue weighted by Crippen LogP contribution is -2.00. The first-order chi connectivity index (χ1) is 10.7. The summed E-state index contributed by atoms with van der Waals surface area (Å²) in [5.74, 6) is 0.424. The summed E-state index contributed by atoms with van der Waals surface area (Å²) in [5.41, 5.74) is 2.96. The molecule has 2 aromatic carbocycles. The lowest BCUT2D eigenvalue weighted by molar-refractivity contribution is 0.372. The number of ether oxygens (including phenoxy) is 2. The van der Waals surface area contributed by atoms with E-state index < -0.39 is 0 Å². The third-order valence-electron chi connectivity index (χ3n) is 3.82. The maximum atomic E-state index is 14.8. The molecule has 0 radical (unpaired) electrons. The fourth-order valence-electron chi connectivity index (χ4n) is 2.72. The van der Waals surface area contributed by atoms with E-state index in [2.05, 4.69) is 10.2 Å². The first kappa shape index (κ1) is 14.4. The SMILES string of the molecule is CCc1c(OC)cc(OC)c(F)c1-c1ccc2cn[nH]c2c1. The number of H-pyrrole nitrogens is 1. The number of halogens is 1. The molecule has 1 N–H and O–H groups in total. The van der Waals surface area contributed by atoms with E-state index in [0.717, 1.165) is 22.0 Å². The van der Waals surface area contributed by atoms with Crippen molar-refractivity contribution in [3.05, 3.63) is 41.8 Å². The van der Waals surface area contributed by atoms with Crippen molar-refractivity contribution in [3.63, 3.8) is 0 Å². The van der Waals surface area contributed by atoms with E-state index in [1.807, 2.05) is 25.1 Å². The van der Waals surface area contributed by atoms with Gasteiger partial charge in [0.15, 0.2) is 11.6 Å². The van der Waals surface area contributed by atoms with Crippen LogP contribution in [0.15, 0.2) is 30.5 Å². The number of aromatic nitrogens is 2. The second-order valence-electron chi connectivity index (χ2n) is 4.97.